The van der Waals surface area contributed by atoms with Crippen LogP contribution in [0, 0.1) is 0 Å². The lowest BCUT2D eigenvalue weighted by Crippen LogP contribution is -1.99. The highest BCUT2D eigenvalue weighted by atomic mass is 35.5. The molecule has 3 nitrogen and oxygen atoms in total. The molecule has 0 unspecified atom stereocenters. The normalized spacial score (nSPS) is 10.8. The van der Waals surface area contributed by atoms with Gasteiger partial charge in [0.2, 0.25) is 0 Å². The minimum Gasteiger partial charge on any atom is -0.348 e. The average molecular weight is 250 g/mol. The first kappa shape index (κ1) is 12.0. The fraction of sp³-hybridized carbons (Fsp3) is 0.308. The van der Waals surface area contributed by atoms with E-state index in [2.05, 4.69) is 29.2 Å². The van der Waals surface area contributed by atoms with Gasteiger partial charge >= 0.3 is 0 Å². The number of hydrogen-bond donors (Lipinski definition) is 0. The first-order chi connectivity index (χ1) is 8.10. The highest BCUT2D eigenvalue weighted by Crippen LogP contribution is 2.32. The van der Waals surface area contributed by atoms with E-state index >= 15 is 0 Å². The molecule has 0 aliphatic heterocycles. The molecule has 90 valence electrons. The van der Waals surface area contributed by atoms with Crippen molar-refractivity contribution in [3.63, 3.8) is 0 Å². The van der Waals surface area contributed by atoms with Gasteiger partial charge in [-0.2, -0.15) is 5.10 Å². The van der Waals surface area contributed by atoms with Crippen molar-refractivity contribution in [3.05, 3.63) is 35.3 Å². The largest absolute Gasteiger partial charge is 0.348 e. The van der Waals surface area contributed by atoms with Crippen molar-refractivity contribution in [2.75, 3.05) is 0 Å². The van der Waals surface area contributed by atoms with Crippen molar-refractivity contribution in [1.82, 2.24) is 14.3 Å². The highest BCUT2D eigenvalue weighted by Gasteiger charge is 2.17. The van der Waals surface area contributed by atoms with E-state index in [0.29, 0.717) is 5.02 Å². The van der Waals surface area contributed by atoms with Crippen LogP contribution in [0.1, 0.15) is 18.3 Å². The Hall–Kier alpha value is -1.48. The van der Waals surface area contributed by atoms with Crippen LogP contribution in [0.15, 0.2) is 18.8 Å². The molecular formula is C13H16ClN3. The van der Waals surface area contributed by atoms with Crippen molar-refractivity contribution in [3.8, 4) is 11.3 Å². The topological polar surface area (TPSA) is 22.8 Å². The molecule has 0 N–H and O–H groups in total. The van der Waals surface area contributed by atoms with Gasteiger partial charge in [0.15, 0.2) is 0 Å². The summed E-state index contributed by atoms with van der Waals surface area (Å²) in [5.41, 5.74) is 4.43. The molecule has 0 aliphatic rings. The third-order valence-electron chi connectivity index (χ3n) is 3.09. The van der Waals surface area contributed by atoms with Gasteiger partial charge in [0.05, 0.1) is 16.9 Å². The van der Waals surface area contributed by atoms with E-state index in [-0.39, 0.29) is 0 Å². The molecule has 4 heteroatoms. The monoisotopic (exact) mass is 249 g/mol. The Kier molecular flexibility index (Phi) is 3.11. The van der Waals surface area contributed by atoms with E-state index in [1.165, 1.54) is 5.69 Å². The maximum atomic E-state index is 6.19. The minimum atomic E-state index is 0.684. The molecule has 0 atom stereocenters. The molecular weight excluding hydrogens is 234 g/mol. The Bertz CT molecular complexity index is 544. The molecule has 2 heterocycles. The maximum Gasteiger partial charge on any atom is 0.0883 e. The second kappa shape index (κ2) is 4.41. The first-order valence-electron chi connectivity index (χ1n) is 5.59. The molecule has 17 heavy (non-hydrogen) atoms. The second-order valence-electron chi connectivity index (χ2n) is 4.01. The summed E-state index contributed by atoms with van der Waals surface area (Å²) in [6.45, 7) is 5.97. The van der Waals surface area contributed by atoms with Gasteiger partial charge < -0.3 is 4.57 Å². The van der Waals surface area contributed by atoms with E-state index < -0.39 is 0 Å². The number of aryl methyl sites for hydroxylation is 1. The summed E-state index contributed by atoms with van der Waals surface area (Å²) in [5.74, 6) is 0. The van der Waals surface area contributed by atoms with Gasteiger partial charge in [0, 0.05) is 31.0 Å². The number of hydrogen-bond acceptors (Lipinski definition) is 1. The van der Waals surface area contributed by atoms with Crippen molar-refractivity contribution in [2.24, 2.45) is 14.1 Å². The highest BCUT2D eigenvalue weighted by molar-refractivity contribution is 6.33. The molecule has 0 amide bonds. The number of aromatic nitrogens is 3. The molecule has 0 spiro atoms. The fourth-order valence-electron chi connectivity index (χ4n) is 2.21. The Morgan fingerprint density at radius 2 is 2.18 bits per heavy atom. The quantitative estimate of drug-likeness (QED) is 0.819. The summed E-state index contributed by atoms with van der Waals surface area (Å²) in [6.07, 6.45) is 4.48. The van der Waals surface area contributed by atoms with Crippen LogP contribution in [0.25, 0.3) is 17.3 Å². The standard InChI is InChI=1S/C13H16ClN3/c1-5-9-7-10(12(6-2)16(9)3)13-11(14)8-15-17(13)4/h5,7-8H,1,6H2,2-4H3. The number of halogens is 1. The predicted octanol–water partition coefficient (Wildman–Crippen LogP) is 3.28. The van der Waals surface area contributed by atoms with Crippen LogP contribution in [-0.2, 0) is 20.5 Å². The summed E-state index contributed by atoms with van der Waals surface area (Å²) in [6, 6.07) is 2.11. The molecule has 0 aliphatic carbocycles. The number of rotatable bonds is 3. The summed E-state index contributed by atoms with van der Waals surface area (Å²) in [4.78, 5) is 0. The first-order valence-corrected chi connectivity index (χ1v) is 5.96. The molecule has 0 saturated heterocycles. The van der Waals surface area contributed by atoms with Crippen LogP contribution < -0.4 is 0 Å². The van der Waals surface area contributed by atoms with E-state index in [1.54, 1.807) is 6.20 Å². The summed E-state index contributed by atoms with van der Waals surface area (Å²) >= 11 is 6.19. The average Bonchev–Trinajstić information content (AvgIpc) is 2.79. The van der Waals surface area contributed by atoms with E-state index in [0.717, 1.165) is 23.4 Å². The zero-order chi connectivity index (χ0) is 12.6. The maximum absolute atomic E-state index is 6.19. The molecule has 0 radical (unpaired) electrons. The van der Waals surface area contributed by atoms with Crippen LogP contribution in [0.2, 0.25) is 5.02 Å². The van der Waals surface area contributed by atoms with Gasteiger partial charge in [0.25, 0.3) is 0 Å². The Labute approximate surface area is 106 Å². The van der Waals surface area contributed by atoms with Gasteiger partial charge in [-0.15, -0.1) is 0 Å². The lowest BCUT2D eigenvalue weighted by Gasteiger charge is -2.06. The zero-order valence-electron chi connectivity index (χ0n) is 10.4. The van der Waals surface area contributed by atoms with Gasteiger partial charge in [-0.3, -0.25) is 4.68 Å². The van der Waals surface area contributed by atoms with Crippen molar-refractivity contribution < 1.29 is 0 Å². The van der Waals surface area contributed by atoms with Crippen LogP contribution >= 0.6 is 11.6 Å². The predicted molar refractivity (Wildman–Crippen MR) is 72.1 cm³/mol. The van der Waals surface area contributed by atoms with Crippen LogP contribution in [0.4, 0.5) is 0 Å². The summed E-state index contributed by atoms with van der Waals surface area (Å²) in [7, 11) is 3.95. The SMILES string of the molecule is C=Cc1cc(-c2c(Cl)cnn2C)c(CC)n1C. The second-order valence-corrected chi connectivity index (χ2v) is 4.42. The fourth-order valence-corrected chi connectivity index (χ4v) is 2.47. The smallest absolute Gasteiger partial charge is 0.0883 e. The zero-order valence-corrected chi connectivity index (χ0v) is 11.1. The molecule has 0 fully saturated rings. The van der Waals surface area contributed by atoms with Gasteiger partial charge in [-0.1, -0.05) is 25.1 Å². The third kappa shape index (κ3) is 1.80. The summed E-state index contributed by atoms with van der Waals surface area (Å²) in [5, 5.41) is 4.87. The van der Waals surface area contributed by atoms with Crippen molar-refractivity contribution in [1.29, 1.82) is 0 Å². The molecule has 0 aromatic carbocycles. The molecule has 2 aromatic rings. The molecule has 0 bridgehead atoms. The Morgan fingerprint density at radius 3 is 2.65 bits per heavy atom. The van der Waals surface area contributed by atoms with Gasteiger partial charge in [-0.25, -0.2) is 0 Å². The Balaban J connectivity index is 2.71. The van der Waals surface area contributed by atoms with Crippen LogP contribution in [0.5, 0.6) is 0 Å². The number of nitrogens with zero attached hydrogens (tertiary/aromatic N) is 3. The third-order valence-corrected chi connectivity index (χ3v) is 3.37. The molecule has 0 saturated carbocycles. The van der Waals surface area contributed by atoms with Gasteiger partial charge in [0.1, 0.15) is 0 Å². The summed E-state index contributed by atoms with van der Waals surface area (Å²) < 4.78 is 3.95. The van der Waals surface area contributed by atoms with Crippen LogP contribution in [-0.4, -0.2) is 14.3 Å². The molecule has 2 aromatic heterocycles. The Morgan fingerprint density at radius 1 is 1.47 bits per heavy atom. The van der Waals surface area contributed by atoms with Crippen molar-refractivity contribution >= 4 is 17.7 Å². The lowest BCUT2D eigenvalue weighted by atomic mass is 10.1. The van der Waals surface area contributed by atoms with Crippen LogP contribution in [0.3, 0.4) is 0 Å². The van der Waals surface area contributed by atoms with E-state index in [9.17, 15) is 0 Å². The van der Waals surface area contributed by atoms with Crippen molar-refractivity contribution in [2.45, 2.75) is 13.3 Å². The van der Waals surface area contributed by atoms with E-state index in [1.807, 2.05) is 24.9 Å². The molecule has 2 rings (SSSR count). The lowest BCUT2D eigenvalue weighted by molar-refractivity contribution is 0.771. The minimum absolute atomic E-state index is 0.684. The van der Waals surface area contributed by atoms with E-state index in [4.69, 9.17) is 11.6 Å². The van der Waals surface area contributed by atoms with Gasteiger partial charge in [-0.05, 0) is 18.6 Å².